The molecule has 0 atom stereocenters. The van der Waals surface area contributed by atoms with Gasteiger partial charge in [-0.3, -0.25) is 9.08 Å². The Morgan fingerprint density at radius 1 is 1.15 bits per heavy atom. The lowest BCUT2D eigenvalue weighted by Gasteiger charge is -2.20. The molecule has 134 valence electrons. The first-order valence-electron chi connectivity index (χ1n) is 8.61. The Balaban J connectivity index is 1.57. The van der Waals surface area contributed by atoms with Crippen molar-refractivity contribution >= 4 is 27.2 Å². The molecule has 1 aromatic carbocycles. The van der Waals surface area contributed by atoms with Crippen LogP contribution in [0.5, 0.6) is 0 Å². The summed E-state index contributed by atoms with van der Waals surface area (Å²) in [5, 5.41) is 7.93. The molecule has 5 rings (SSSR count). The van der Waals surface area contributed by atoms with Gasteiger partial charge in [0.25, 0.3) is 0 Å². The Labute approximate surface area is 152 Å². The van der Waals surface area contributed by atoms with Crippen LogP contribution in [0.15, 0.2) is 24.7 Å². The Hall–Kier alpha value is -2.32. The van der Waals surface area contributed by atoms with Gasteiger partial charge in [-0.05, 0) is 32.0 Å². The van der Waals surface area contributed by atoms with Gasteiger partial charge in [-0.1, -0.05) is 11.3 Å². The summed E-state index contributed by atoms with van der Waals surface area (Å²) in [6, 6.07) is 1.65. The van der Waals surface area contributed by atoms with Crippen molar-refractivity contribution in [2.75, 3.05) is 13.1 Å². The number of aryl methyl sites for hydroxylation is 1. The van der Waals surface area contributed by atoms with Gasteiger partial charge in [0.1, 0.15) is 5.52 Å². The number of hydrogen-bond donors (Lipinski definition) is 1. The van der Waals surface area contributed by atoms with Gasteiger partial charge in [0.2, 0.25) is 0 Å². The van der Waals surface area contributed by atoms with E-state index in [9.17, 15) is 8.78 Å². The fraction of sp³-hybridized carbons (Fsp3) is 0.333. The molecule has 0 bridgehead atoms. The van der Waals surface area contributed by atoms with Crippen molar-refractivity contribution in [1.29, 1.82) is 0 Å². The maximum Gasteiger partial charge on any atom is 0.194 e. The van der Waals surface area contributed by atoms with Crippen LogP contribution in [-0.4, -0.2) is 32.3 Å². The number of benzene rings is 1. The van der Waals surface area contributed by atoms with Crippen LogP contribution in [0.3, 0.4) is 0 Å². The number of thiazole rings is 1. The summed E-state index contributed by atoms with van der Waals surface area (Å²) in [6.07, 6.45) is 7.69. The standard InChI is InChI=1S/C18H17F2N5S/c1-24-7-11-6-12(15(19)16(20)17(11)23-24)14-9-25-8-13(22-18(25)26-14)10-2-4-21-5-3-10/h6-10,21H,2-5H2,1H3. The molecule has 0 radical (unpaired) electrons. The highest BCUT2D eigenvalue weighted by Crippen LogP contribution is 2.35. The van der Waals surface area contributed by atoms with Crippen molar-refractivity contribution in [1.82, 2.24) is 24.5 Å². The van der Waals surface area contributed by atoms with Crippen molar-refractivity contribution in [3.63, 3.8) is 0 Å². The highest BCUT2D eigenvalue weighted by molar-refractivity contribution is 7.20. The lowest BCUT2D eigenvalue weighted by atomic mass is 9.95. The van der Waals surface area contributed by atoms with E-state index < -0.39 is 11.6 Å². The van der Waals surface area contributed by atoms with Crippen molar-refractivity contribution in [3.05, 3.63) is 42.0 Å². The van der Waals surface area contributed by atoms with E-state index >= 15 is 0 Å². The molecule has 3 aromatic heterocycles. The number of hydrogen-bond acceptors (Lipinski definition) is 4. The van der Waals surface area contributed by atoms with Crippen LogP contribution in [0.2, 0.25) is 0 Å². The zero-order valence-electron chi connectivity index (χ0n) is 14.2. The van der Waals surface area contributed by atoms with Gasteiger partial charge in [-0.2, -0.15) is 5.10 Å². The Morgan fingerprint density at radius 3 is 2.73 bits per heavy atom. The minimum absolute atomic E-state index is 0.0586. The van der Waals surface area contributed by atoms with E-state index in [1.807, 2.05) is 16.8 Å². The Kier molecular flexibility index (Phi) is 3.58. The van der Waals surface area contributed by atoms with E-state index in [-0.39, 0.29) is 11.1 Å². The summed E-state index contributed by atoms with van der Waals surface area (Å²) in [6.45, 7) is 2.02. The summed E-state index contributed by atoms with van der Waals surface area (Å²) in [5.74, 6) is -1.30. The van der Waals surface area contributed by atoms with E-state index in [2.05, 4.69) is 10.4 Å². The van der Waals surface area contributed by atoms with Crippen molar-refractivity contribution in [2.45, 2.75) is 18.8 Å². The van der Waals surface area contributed by atoms with E-state index in [4.69, 9.17) is 4.98 Å². The molecule has 4 heterocycles. The summed E-state index contributed by atoms with van der Waals surface area (Å²) in [7, 11) is 1.69. The molecule has 1 aliphatic heterocycles. The highest BCUT2D eigenvalue weighted by atomic mass is 32.1. The molecule has 26 heavy (non-hydrogen) atoms. The molecule has 8 heteroatoms. The molecule has 1 aliphatic rings. The third-order valence-corrected chi connectivity index (χ3v) is 6.02. The quantitative estimate of drug-likeness (QED) is 0.583. The first-order chi connectivity index (χ1) is 12.6. The van der Waals surface area contributed by atoms with Gasteiger partial charge in [-0.15, -0.1) is 0 Å². The number of piperidine rings is 1. The summed E-state index contributed by atoms with van der Waals surface area (Å²) < 4.78 is 32.4. The van der Waals surface area contributed by atoms with Crippen molar-refractivity contribution < 1.29 is 8.78 Å². The van der Waals surface area contributed by atoms with Gasteiger partial charge < -0.3 is 5.32 Å². The fourth-order valence-electron chi connectivity index (χ4n) is 3.66. The summed E-state index contributed by atoms with van der Waals surface area (Å²) in [5.41, 5.74) is 1.39. The number of nitrogens with one attached hydrogen (secondary N) is 1. The smallest absolute Gasteiger partial charge is 0.194 e. The molecule has 0 spiro atoms. The first kappa shape index (κ1) is 15.9. The van der Waals surface area contributed by atoms with Crippen molar-refractivity contribution in [2.24, 2.45) is 7.05 Å². The predicted octanol–water partition coefficient (Wildman–Crippen LogP) is 3.69. The maximum absolute atomic E-state index is 14.6. The number of halogens is 2. The minimum atomic E-state index is -0.903. The van der Waals surface area contributed by atoms with E-state index in [1.54, 1.807) is 19.3 Å². The van der Waals surface area contributed by atoms with Gasteiger partial charge in [0.05, 0.1) is 10.6 Å². The van der Waals surface area contributed by atoms with Crippen LogP contribution < -0.4 is 5.32 Å². The highest BCUT2D eigenvalue weighted by Gasteiger charge is 2.22. The van der Waals surface area contributed by atoms with Gasteiger partial charge >= 0.3 is 0 Å². The van der Waals surface area contributed by atoms with Gasteiger partial charge in [0.15, 0.2) is 16.6 Å². The van der Waals surface area contributed by atoms with Crippen molar-refractivity contribution in [3.8, 4) is 10.4 Å². The molecular formula is C18H17F2N5S. The largest absolute Gasteiger partial charge is 0.317 e. The summed E-state index contributed by atoms with van der Waals surface area (Å²) in [4.78, 5) is 6.19. The lowest BCUT2D eigenvalue weighted by molar-refractivity contribution is 0.454. The van der Waals surface area contributed by atoms with Crippen LogP contribution >= 0.6 is 11.3 Å². The Morgan fingerprint density at radius 2 is 1.96 bits per heavy atom. The number of nitrogens with zero attached hydrogens (tertiary/aromatic N) is 4. The predicted molar refractivity (Wildman–Crippen MR) is 97.5 cm³/mol. The number of fused-ring (bicyclic) bond motifs is 2. The molecule has 0 amide bonds. The second-order valence-corrected chi connectivity index (χ2v) is 7.78. The van der Waals surface area contributed by atoms with Crippen LogP contribution in [-0.2, 0) is 7.05 Å². The van der Waals surface area contributed by atoms with Crippen LogP contribution in [0.1, 0.15) is 24.5 Å². The third-order valence-electron chi connectivity index (χ3n) is 4.99. The summed E-state index contributed by atoms with van der Waals surface area (Å²) >= 11 is 1.38. The average Bonchev–Trinajstić information content (AvgIpc) is 3.31. The van der Waals surface area contributed by atoms with Gasteiger partial charge in [-0.25, -0.2) is 13.8 Å². The zero-order valence-corrected chi connectivity index (χ0v) is 15.0. The monoisotopic (exact) mass is 373 g/mol. The fourth-order valence-corrected chi connectivity index (χ4v) is 4.64. The van der Waals surface area contributed by atoms with Gasteiger partial charge in [0, 0.05) is 42.5 Å². The second kappa shape index (κ2) is 5.85. The maximum atomic E-state index is 14.6. The number of imidazole rings is 1. The van der Waals surface area contributed by atoms with E-state index in [0.29, 0.717) is 16.2 Å². The van der Waals surface area contributed by atoms with Crippen LogP contribution in [0.25, 0.3) is 26.3 Å². The van der Waals surface area contributed by atoms with E-state index in [0.717, 1.165) is 36.6 Å². The van der Waals surface area contributed by atoms with Crippen LogP contribution in [0.4, 0.5) is 8.78 Å². The molecule has 1 N–H and O–H groups in total. The van der Waals surface area contributed by atoms with E-state index in [1.165, 1.54) is 16.0 Å². The molecule has 0 unspecified atom stereocenters. The SMILES string of the molecule is Cn1cc2cc(-c3cn4cc(C5CCNCC5)nc4s3)c(F)c(F)c2n1. The molecule has 0 saturated carbocycles. The second-order valence-electron chi connectivity index (χ2n) is 6.77. The molecule has 1 saturated heterocycles. The Bertz CT molecular complexity index is 1090. The zero-order chi connectivity index (χ0) is 17.8. The molecule has 1 fully saturated rings. The number of aromatic nitrogens is 4. The first-order valence-corrected chi connectivity index (χ1v) is 9.42. The molecule has 0 aliphatic carbocycles. The molecular weight excluding hydrogens is 356 g/mol. The molecule has 4 aromatic rings. The normalized spacial score (nSPS) is 16.1. The average molecular weight is 373 g/mol. The minimum Gasteiger partial charge on any atom is -0.317 e. The van der Waals surface area contributed by atoms with Crippen LogP contribution in [0, 0.1) is 11.6 Å². The topological polar surface area (TPSA) is 47.1 Å². The lowest BCUT2D eigenvalue weighted by Crippen LogP contribution is -2.26. The molecule has 5 nitrogen and oxygen atoms in total. The number of rotatable bonds is 2. The third kappa shape index (κ3) is 2.44.